The predicted molar refractivity (Wildman–Crippen MR) is 97.7 cm³/mol. The number of fused-ring (bicyclic) bond motifs is 2. The molecule has 4 rings (SSSR count). The summed E-state index contributed by atoms with van der Waals surface area (Å²) in [5, 5.41) is 12.4. The van der Waals surface area contributed by atoms with Crippen molar-refractivity contribution in [2.45, 2.75) is 12.6 Å². The van der Waals surface area contributed by atoms with E-state index in [4.69, 9.17) is 4.74 Å². The number of aromatic carboxylic acids is 1. The molecule has 134 valence electrons. The molecule has 0 saturated carbocycles. The van der Waals surface area contributed by atoms with Gasteiger partial charge in [-0.3, -0.25) is 9.78 Å². The van der Waals surface area contributed by atoms with E-state index >= 15 is 0 Å². The Labute approximate surface area is 155 Å². The first-order valence-electron chi connectivity index (χ1n) is 8.42. The fourth-order valence-corrected chi connectivity index (χ4v) is 3.18. The van der Waals surface area contributed by atoms with Crippen LogP contribution >= 0.6 is 0 Å². The second kappa shape index (κ2) is 6.92. The number of aromatic nitrogens is 1. The van der Waals surface area contributed by atoms with Gasteiger partial charge in [0.05, 0.1) is 17.2 Å². The zero-order valence-electron chi connectivity index (χ0n) is 14.3. The molecule has 1 aliphatic heterocycles. The Kier molecular flexibility index (Phi) is 4.30. The van der Waals surface area contributed by atoms with Crippen molar-refractivity contribution in [3.8, 4) is 5.75 Å². The first-order valence-corrected chi connectivity index (χ1v) is 8.42. The van der Waals surface area contributed by atoms with E-state index < -0.39 is 12.0 Å². The summed E-state index contributed by atoms with van der Waals surface area (Å²) in [5.74, 6) is -0.781. The van der Waals surface area contributed by atoms with E-state index in [1.54, 1.807) is 30.5 Å². The van der Waals surface area contributed by atoms with Gasteiger partial charge in [0.25, 0.3) is 5.91 Å². The quantitative estimate of drug-likeness (QED) is 0.749. The third-order valence-electron chi connectivity index (χ3n) is 4.52. The minimum absolute atomic E-state index is 0.136. The number of ether oxygens (including phenoxy) is 1. The number of hydrogen-bond donors (Lipinski definition) is 2. The number of amides is 1. The van der Waals surface area contributed by atoms with Crippen molar-refractivity contribution in [2.24, 2.45) is 0 Å². The first-order chi connectivity index (χ1) is 13.1. The lowest BCUT2D eigenvalue weighted by molar-refractivity contribution is 0.0696. The lowest BCUT2D eigenvalue weighted by atomic mass is 9.93. The molecule has 1 unspecified atom stereocenters. The number of pyridine rings is 1. The van der Waals surface area contributed by atoms with Crippen LogP contribution in [0.15, 0.2) is 67.0 Å². The van der Waals surface area contributed by atoms with Crippen LogP contribution in [0.3, 0.4) is 0 Å². The van der Waals surface area contributed by atoms with Crippen LogP contribution in [0.1, 0.15) is 43.4 Å². The molecule has 2 aromatic carbocycles. The van der Waals surface area contributed by atoms with Crippen LogP contribution in [0, 0.1) is 0 Å². The summed E-state index contributed by atoms with van der Waals surface area (Å²) in [6.07, 6.45) is 3.09. The van der Waals surface area contributed by atoms with Gasteiger partial charge in [0, 0.05) is 18.0 Å². The number of nitrogens with zero attached hydrogens (tertiary/aromatic N) is 1. The predicted octanol–water partition coefficient (Wildman–Crippen LogP) is 3.19. The minimum Gasteiger partial charge on any atom is -0.489 e. The van der Waals surface area contributed by atoms with E-state index in [0.717, 1.165) is 11.1 Å². The van der Waals surface area contributed by atoms with Crippen molar-refractivity contribution >= 4 is 11.9 Å². The summed E-state index contributed by atoms with van der Waals surface area (Å²) in [4.78, 5) is 28.2. The van der Waals surface area contributed by atoms with E-state index in [9.17, 15) is 14.7 Å². The highest BCUT2D eigenvalue weighted by Gasteiger charge is 2.27. The van der Waals surface area contributed by atoms with E-state index in [0.29, 0.717) is 23.5 Å². The molecule has 6 heteroatoms. The molecule has 1 aliphatic rings. The Morgan fingerprint density at radius 1 is 1.04 bits per heavy atom. The Morgan fingerprint density at radius 2 is 1.89 bits per heavy atom. The lowest BCUT2D eigenvalue weighted by Crippen LogP contribution is -2.29. The van der Waals surface area contributed by atoms with E-state index in [1.165, 1.54) is 12.3 Å². The third kappa shape index (κ3) is 3.25. The molecule has 2 N–H and O–H groups in total. The SMILES string of the molecule is O=C(O)c1ccc2c(c1)C(NC(=O)c1cccnc1)c1ccccc1CO2. The van der Waals surface area contributed by atoms with E-state index in [1.807, 2.05) is 24.3 Å². The molecule has 27 heavy (non-hydrogen) atoms. The smallest absolute Gasteiger partial charge is 0.335 e. The van der Waals surface area contributed by atoms with Crippen LogP contribution in [-0.4, -0.2) is 22.0 Å². The molecule has 3 aromatic rings. The number of benzene rings is 2. The van der Waals surface area contributed by atoms with Crippen LogP contribution in [-0.2, 0) is 6.61 Å². The summed E-state index contributed by atoms with van der Waals surface area (Å²) < 4.78 is 5.87. The van der Waals surface area contributed by atoms with Crippen molar-refractivity contribution < 1.29 is 19.4 Å². The van der Waals surface area contributed by atoms with Gasteiger partial charge in [-0.05, 0) is 41.5 Å². The third-order valence-corrected chi connectivity index (χ3v) is 4.52. The highest BCUT2D eigenvalue weighted by atomic mass is 16.5. The van der Waals surface area contributed by atoms with Crippen LogP contribution in [0.2, 0.25) is 0 Å². The van der Waals surface area contributed by atoms with Crippen LogP contribution in [0.4, 0.5) is 0 Å². The molecule has 0 radical (unpaired) electrons. The molecule has 1 atom stereocenters. The summed E-state index contributed by atoms with van der Waals surface area (Å²) >= 11 is 0. The molecule has 1 amide bonds. The molecule has 6 nitrogen and oxygen atoms in total. The highest BCUT2D eigenvalue weighted by molar-refractivity contribution is 5.94. The summed E-state index contributed by atoms with van der Waals surface area (Å²) in [7, 11) is 0. The minimum atomic E-state index is -1.03. The number of carboxylic acid groups (broad SMARTS) is 1. The van der Waals surface area contributed by atoms with Crippen molar-refractivity contribution in [1.29, 1.82) is 0 Å². The molecule has 1 aromatic heterocycles. The van der Waals surface area contributed by atoms with Gasteiger partial charge in [-0.1, -0.05) is 24.3 Å². The van der Waals surface area contributed by atoms with Gasteiger partial charge in [-0.25, -0.2) is 4.79 Å². The average Bonchev–Trinajstić information content (AvgIpc) is 2.85. The Morgan fingerprint density at radius 3 is 2.67 bits per heavy atom. The molecule has 2 heterocycles. The first kappa shape index (κ1) is 16.8. The summed E-state index contributed by atoms with van der Waals surface area (Å²) in [6, 6.07) is 15.1. The topological polar surface area (TPSA) is 88.5 Å². The maximum atomic E-state index is 12.8. The Hall–Kier alpha value is -3.67. The molecule has 0 aliphatic carbocycles. The largest absolute Gasteiger partial charge is 0.489 e. The van der Waals surface area contributed by atoms with Gasteiger partial charge in [0.1, 0.15) is 12.4 Å². The fraction of sp³-hybridized carbons (Fsp3) is 0.0952. The zero-order chi connectivity index (χ0) is 18.8. The molecule has 0 saturated heterocycles. The number of carbonyl (C=O) groups is 2. The number of hydrogen-bond acceptors (Lipinski definition) is 4. The van der Waals surface area contributed by atoms with E-state index in [2.05, 4.69) is 10.3 Å². The van der Waals surface area contributed by atoms with Crippen molar-refractivity contribution in [2.75, 3.05) is 0 Å². The molecular formula is C21H16N2O4. The number of nitrogens with one attached hydrogen (secondary N) is 1. The van der Waals surface area contributed by atoms with Gasteiger partial charge in [0.2, 0.25) is 0 Å². The van der Waals surface area contributed by atoms with Gasteiger partial charge in [-0.2, -0.15) is 0 Å². The van der Waals surface area contributed by atoms with Crippen LogP contribution in [0.25, 0.3) is 0 Å². The summed E-state index contributed by atoms with van der Waals surface area (Å²) in [6.45, 7) is 0.342. The maximum Gasteiger partial charge on any atom is 0.335 e. The van der Waals surface area contributed by atoms with Crippen LogP contribution in [0.5, 0.6) is 5.75 Å². The van der Waals surface area contributed by atoms with Gasteiger partial charge >= 0.3 is 5.97 Å². The lowest BCUT2D eigenvalue weighted by Gasteiger charge is -2.21. The monoisotopic (exact) mass is 360 g/mol. The average molecular weight is 360 g/mol. The van der Waals surface area contributed by atoms with Gasteiger partial charge in [-0.15, -0.1) is 0 Å². The van der Waals surface area contributed by atoms with Crippen molar-refractivity contribution in [3.05, 3.63) is 94.8 Å². The Balaban J connectivity index is 1.82. The van der Waals surface area contributed by atoms with Gasteiger partial charge < -0.3 is 15.2 Å². The molecule has 0 bridgehead atoms. The van der Waals surface area contributed by atoms with Crippen molar-refractivity contribution in [3.63, 3.8) is 0 Å². The van der Waals surface area contributed by atoms with Crippen LogP contribution < -0.4 is 10.1 Å². The maximum absolute atomic E-state index is 12.8. The number of carbonyl (C=O) groups excluding carboxylic acids is 1. The van der Waals surface area contributed by atoms with Gasteiger partial charge in [0.15, 0.2) is 0 Å². The second-order valence-electron chi connectivity index (χ2n) is 6.19. The molecule has 0 fully saturated rings. The molecule has 0 spiro atoms. The standard InChI is InChI=1S/C21H16N2O4/c24-20(14-5-3-9-22-11-14)23-19-16-6-2-1-4-15(16)12-27-18-8-7-13(21(25)26)10-17(18)19/h1-11,19H,12H2,(H,23,24)(H,25,26). The highest BCUT2D eigenvalue weighted by Crippen LogP contribution is 2.36. The zero-order valence-corrected chi connectivity index (χ0v) is 14.3. The fourth-order valence-electron chi connectivity index (χ4n) is 3.18. The second-order valence-corrected chi connectivity index (χ2v) is 6.19. The van der Waals surface area contributed by atoms with E-state index in [-0.39, 0.29) is 11.5 Å². The van der Waals surface area contributed by atoms with Crippen molar-refractivity contribution in [1.82, 2.24) is 10.3 Å². The Bertz CT molecular complexity index is 1020. The summed E-state index contributed by atoms with van der Waals surface area (Å²) in [5.41, 5.74) is 2.98. The molecular weight excluding hydrogens is 344 g/mol. The number of carboxylic acids is 1. The number of rotatable bonds is 3. The normalized spacial score (nSPS) is 14.9.